The topological polar surface area (TPSA) is 79.1 Å². The van der Waals surface area contributed by atoms with E-state index in [0.29, 0.717) is 44.0 Å². The Bertz CT molecular complexity index is 487. The molecule has 6 nitrogen and oxygen atoms in total. The Morgan fingerprint density at radius 3 is 2.79 bits per heavy atom. The maximum Gasteiger partial charge on any atom is 0.156 e. The molecule has 1 aromatic heterocycles. The summed E-state index contributed by atoms with van der Waals surface area (Å²) in [5.74, 6) is 0.921. The predicted molar refractivity (Wildman–Crippen MR) is 71.5 cm³/mol. The fourth-order valence-corrected chi connectivity index (χ4v) is 1.84. The lowest BCUT2D eigenvalue weighted by molar-refractivity contribution is 0.112. The van der Waals surface area contributed by atoms with Crippen LogP contribution in [0.3, 0.4) is 0 Å². The summed E-state index contributed by atoms with van der Waals surface area (Å²) in [6.07, 6.45) is 0.950. The van der Waals surface area contributed by atoms with Crippen LogP contribution in [0.15, 0.2) is 0 Å². The first-order valence-electron chi connectivity index (χ1n) is 5.74. The third-order valence-corrected chi connectivity index (χ3v) is 2.76. The van der Waals surface area contributed by atoms with E-state index < -0.39 is 0 Å². The Balaban J connectivity index is 3.12. The van der Waals surface area contributed by atoms with E-state index in [4.69, 9.17) is 21.6 Å². The van der Waals surface area contributed by atoms with Crippen molar-refractivity contribution in [3.8, 4) is 6.07 Å². The highest BCUT2D eigenvalue weighted by Gasteiger charge is 2.17. The van der Waals surface area contributed by atoms with E-state index in [-0.39, 0.29) is 10.7 Å². The third-order valence-electron chi connectivity index (χ3n) is 2.47. The molecule has 102 valence electrons. The molecule has 0 N–H and O–H groups in total. The fourth-order valence-electron chi connectivity index (χ4n) is 1.59. The second-order valence-electron chi connectivity index (χ2n) is 3.80. The van der Waals surface area contributed by atoms with Crippen molar-refractivity contribution in [2.75, 3.05) is 31.7 Å². The number of rotatable bonds is 7. The van der Waals surface area contributed by atoms with Gasteiger partial charge in [0.25, 0.3) is 0 Å². The van der Waals surface area contributed by atoms with E-state index in [9.17, 15) is 4.79 Å². The van der Waals surface area contributed by atoms with Crippen LogP contribution in [0.2, 0.25) is 5.15 Å². The van der Waals surface area contributed by atoms with Crippen molar-refractivity contribution >= 4 is 23.7 Å². The standard InChI is InChI=1S/C12H15ClN4O2/c1-9-15-11(13)10(8-18)12(16-9)17(5-3-4-14)6-7-19-2/h8H,3,5-7H2,1-2H3. The van der Waals surface area contributed by atoms with E-state index in [0.717, 1.165) is 0 Å². The molecule has 1 heterocycles. The van der Waals surface area contributed by atoms with Crippen LogP contribution in [-0.4, -0.2) is 43.1 Å². The van der Waals surface area contributed by atoms with Crippen LogP contribution in [0.1, 0.15) is 22.6 Å². The molecule has 0 fully saturated rings. The molecule has 0 aliphatic rings. The Labute approximate surface area is 117 Å². The Morgan fingerprint density at radius 2 is 2.21 bits per heavy atom. The van der Waals surface area contributed by atoms with Gasteiger partial charge in [-0.3, -0.25) is 4.79 Å². The number of ether oxygens (including phenoxy) is 1. The average Bonchev–Trinajstić information content (AvgIpc) is 2.38. The van der Waals surface area contributed by atoms with Gasteiger partial charge >= 0.3 is 0 Å². The number of halogens is 1. The largest absolute Gasteiger partial charge is 0.383 e. The van der Waals surface area contributed by atoms with Crippen molar-refractivity contribution < 1.29 is 9.53 Å². The van der Waals surface area contributed by atoms with Crippen molar-refractivity contribution in [1.82, 2.24) is 9.97 Å². The van der Waals surface area contributed by atoms with Crippen molar-refractivity contribution in [3.05, 3.63) is 16.5 Å². The lowest BCUT2D eigenvalue weighted by Gasteiger charge is -2.24. The first-order valence-corrected chi connectivity index (χ1v) is 6.12. The summed E-state index contributed by atoms with van der Waals surface area (Å²) in [7, 11) is 1.58. The molecule has 1 rings (SSSR count). The number of hydrogen-bond acceptors (Lipinski definition) is 6. The molecule has 0 spiro atoms. The molecular formula is C12H15ClN4O2. The van der Waals surface area contributed by atoms with Gasteiger partial charge in [-0.05, 0) is 6.92 Å². The SMILES string of the molecule is COCCN(CCC#N)c1nc(C)nc(Cl)c1C=O. The van der Waals surface area contributed by atoms with Crippen LogP contribution < -0.4 is 4.90 Å². The van der Waals surface area contributed by atoms with Crippen molar-refractivity contribution in [3.63, 3.8) is 0 Å². The van der Waals surface area contributed by atoms with Crippen LogP contribution in [-0.2, 0) is 4.74 Å². The van der Waals surface area contributed by atoms with Gasteiger partial charge in [0.15, 0.2) is 6.29 Å². The van der Waals surface area contributed by atoms with E-state index >= 15 is 0 Å². The number of aromatic nitrogens is 2. The summed E-state index contributed by atoms with van der Waals surface area (Å²) < 4.78 is 5.02. The van der Waals surface area contributed by atoms with Gasteiger partial charge in [-0.25, -0.2) is 9.97 Å². The summed E-state index contributed by atoms with van der Waals surface area (Å²) in [5.41, 5.74) is 0.237. The van der Waals surface area contributed by atoms with Gasteiger partial charge in [-0.2, -0.15) is 5.26 Å². The van der Waals surface area contributed by atoms with Crippen LogP contribution in [0, 0.1) is 18.3 Å². The Kier molecular flexibility index (Phi) is 6.19. The average molecular weight is 283 g/mol. The van der Waals surface area contributed by atoms with Crippen LogP contribution in [0.5, 0.6) is 0 Å². The maximum absolute atomic E-state index is 11.1. The number of nitriles is 1. The van der Waals surface area contributed by atoms with E-state index in [1.807, 2.05) is 0 Å². The number of aldehydes is 1. The Hall–Kier alpha value is -1.71. The number of anilines is 1. The first-order chi connectivity index (χ1) is 9.13. The molecule has 0 atom stereocenters. The summed E-state index contributed by atoms with van der Waals surface area (Å²) in [4.78, 5) is 21.1. The third kappa shape index (κ3) is 4.16. The molecule has 0 bridgehead atoms. The molecule has 0 saturated carbocycles. The van der Waals surface area contributed by atoms with Crippen LogP contribution >= 0.6 is 11.6 Å². The van der Waals surface area contributed by atoms with E-state index in [2.05, 4.69) is 16.0 Å². The smallest absolute Gasteiger partial charge is 0.156 e. The number of hydrogen-bond donors (Lipinski definition) is 0. The summed E-state index contributed by atoms with van der Waals surface area (Å²) in [6.45, 7) is 3.13. The second kappa shape index (κ2) is 7.67. The molecule has 1 aromatic rings. The minimum Gasteiger partial charge on any atom is -0.383 e. The number of nitrogens with zero attached hydrogens (tertiary/aromatic N) is 4. The molecule has 0 aliphatic carbocycles. The van der Waals surface area contributed by atoms with Crippen LogP contribution in [0.4, 0.5) is 5.82 Å². The van der Waals surface area contributed by atoms with Gasteiger partial charge in [0.1, 0.15) is 16.8 Å². The zero-order chi connectivity index (χ0) is 14.3. The van der Waals surface area contributed by atoms with Gasteiger partial charge in [-0.1, -0.05) is 11.6 Å². The molecule has 19 heavy (non-hydrogen) atoms. The summed E-state index contributed by atoms with van der Waals surface area (Å²) in [5, 5.41) is 8.81. The minimum atomic E-state index is 0.122. The lowest BCUT2D eigenvalue weighted by Crippen LogP contribution is -2.30. The van der Waals surface area contributed by atoms with Gasteiger partial charge in [0, 0.05) is 20.2 Å². The van der Waals surface area contributed by atoms with Gasteiger partial charge in [0.2, 0.25) is 0 Å². The van der Waals surface area contributed by atoms with E-state index in [1.165, 1.54) is 0 Å². The first kappa shape index (κ1) is 15.3. The van der Waals surface area contributed by atoms with Crippen LogP contribution in [0.25, 0.3) is 0 Å². The molecule has 0 amide bonds. The molecule has 7 heteroatoms. The fraction of sp³-hybridized carbons (Fsp3) is 0.500. The van der Waals surface area contributed by atoms with Crippen molar-refractivity contribution in [2.45, 2.75) is 13.3 Å². The van der Waals surface area contributed by atoms with Gasteiger partial charge < -0.3 is 9.64 Å². The molecule has 0 aromatic carbocycles. The molecule has 0 saturated heterocycles. The zero-order valence-electron chi connectivity index (χ0n) is 10.9. The number of aryl methyl sites for hydroxylation is 1. The highest BCUT2D eigenvalue weighted by molar-refractivity contribution is 6.32. The zero-order valence-corrected chi connectivity index (χ0v) is 11.6. The second-order valence-corrected chi connectivity index (χ2v) is 4.16. The van der Waals surface area contributed by atoms with Gasteiger partial charge in [0.05, 0.1) is 24.7 Å². The van der Waals surface area contributed by atoms with Crippen molar-refractivity contribution in [1.29, 1.82) is 5.26 Å². The summed E-state index contributed by atoms with van der Waals surface area (Å²) >= 11 is 5.94. The monoisotopic (exact) mass is 282 g/mol. The minimum absolute atomic E-state index is 0.122. The highest BCUT2D eigenvalue weighted by atomic mass is 35.5. The Morgan fingerprint density at radius 1 is 1.47 bits per heavy atom. The lowest BCUT2D eigenvalue weighted by atomic mass is 10.3. The molecule has 0 aliphatic heterocycles. The molecular weight excluding hydrogens is 268 g/mol. The number of carbonyl (C=O) groups excluding carboxylic acids is 1. The predicted octanol–water partition coefficient (Wildman–Crippen LogP) is 1.62. The van der Waals surface area contributed by atoms with E-state index in [1.54, 1.807) is 18.9 Å². The molecule has 0 radical (unpaired) electrons. The van der Waals surface area contributed by atoms with Gasteiger partial charge in [-0.15, -0.1) is 0 Å². The normalized spacial score (nSPS) is 10.0. The molecule has 0 unspecified atom stereocenters. The number of carbonyl (C=O) groups is 1. The summed E-state index contributed by atoms with van der Waals surface area (Å²) in [6, 6.07) is 2.06. The highest BCUT2D eigenvalue weighted by Crippen LogP contribution is 2.22. The maximum atomic E-state index is 11.1. The quantitative estimate of drug-likeness (QED) is 0.558. The number of methoxy groups -OCH3 is 1. The van der Waals surface area contributed by atoms with Crippen molar-refractivity contribution in [2.24, 2.45) is 0 Å².